The molecule has 0 radical (unpaired) electrons. The van der Waals surface area contributed by atoms with Gasteiger partial charge in [-0.2, -0.15) is 12.6 Å². The van der Waals surface area contributed by atoms with E-state index in [0.29, 0.717) is 25.8 Å². The molecule has 0 aliphatic carbocycles. The fraction of sp³-hybridized carbons (Fsp3) is 0.667. The summed E-state index contributed by atoms with van der Waals surface area (Å²) in [4.78, 5) is 70.4. The van der Waals surface area contributed by atoms with Crippen molar-refractivity contribution in [3.8, 4) is 0 Å². The fourth-order valence-electron chi connectivity index (χ4n) is 2.59. The number of carboxylic acids is 2. The Kier molecular flexibility index (Phi) is 14.4. The molecule has 0 aliphatic heterocycles. The second-order valence-corrected chi connectivity index (χ2v) is 7.56. The monoisotopic (exact) mass is 492 g/mol. The Hall–Kier alpha value is -2.91. The first-order valence-corrected chi connectivity index (χ1v) is 10.8. The van der Waals surface area contributed by atoms with E-state index in [1.54, 1.807) is 0 Å². The van der Waals surface area contributed by atoms with Gasteiger partial charge in [-0.25, -0.2) is 4.79 Å². The van der Waals surface area contributed by atoms with Crippen molar-refractivity contribution in [2.75, 3.05) is 12.3 Å². The highest BCUT2D eigenvalue weighted by Gasteiger charge is 2.30. The lowest BCUT2D eigenvalue weighted by Gasteiger charge is -2.24. The molecular weight excluding hydrogens is 460 g/mol. The zero-order valence-electron chi connectivity index (χ0n) is 18.0. The maximum atomic E-state index is 12.7. The number of amides is 4. The van der Waals surface area contributed by atoms with E-state index in [4.69, 9.17) is 27.4 Å². The predicted molar refractivity (Wildman–Crippen MR) is 119 cm³/mol. The molecule has 0 spiro atoms. The zero-order chi connectivity index (χ0) is 25.6. The summed E-state index contributed by atoms with van der Waals surface area (Å²) in [6, 6.07) is -5.29. The van der Waals surface area contributed by atoms with Crippen LogP contribution >= 0.6 is 12.6 Å². The minimum Gasteiger partial charge on any atom is -0.481 e. The van der Waals surface area contributed by atoms with Crippen LogP contribution in [0.3, 0.4) is 0 Å². The summed E-state index contributed by atoms with van der Waals surface area (Å²) in [5, 5.41) is 24.5. The number of hydrogen-bond acceptors (Lipinski definition) is 9. The molecule has 0 saturated heterocycles. The topological polar surface area (TPSA) is 257 Å². The van der Waals surface area contributed by atoms with E-state index in [2.05, 4.69) is 23.3 Å². The van der Waals surface area contributed by atoms with Crippen LogP contribution in [-0.4, -0.2) is 82.2 Å². The summed E-state index contributed by atoms with van der Waals surface area (Å²) < 4.78 is 0. The first-order valence-electron chi connectivity index (χ1n) is 10.1. The summed E-state index contributed by atoms with van der Waals surface area (Å²) in [5.74, 6) is -6.54. The lowest BCUT2D eigenvalue weighted by atomic mass is 10.1. The Balaban J connectivity index is 5.25. The van der Waals surface area contributed by atoms with Crippen LogP contribution in [0.5, 0.6) is 0 Å². The van der Waals surface area contributed by atoms with Crippen molar-refractivity contribution in [3.05, 3.63) is 0 Å². The van der Waals surface area contributed by atoms with Crippen molar-refractivity contribution in [1.82, 2.24) is 16.0 Å². The molecule has 0 aromatic rings. The van der Waals surface area contributed by atoms with E-state index >= 15 is 0 Å². The molecule has 188 valence electrons. The molecule has 15 heteroatoms. The fourth-order valence-corrected chi connectivity index (χ4v) is 2.84. The number of unbranched alkanes of at least 4 members (excludes halogenated alkanes) is 1. The second kappa shape index (κ2) is 15.8. The molecule has 0 fully saturated rings. The number of carbonyl (C=O) groups excluding carboxylic acids is 4. The Morgan fingerprint density at radius 2 is 1.36 bits per heavy atom. The minimum absolute atomic E-state index is 0.180. The van der Waals surface area contributed by atoms with Crippen molar-refractivity contribution in [2.24, 2.45) is 17.2 Å². The van der Waals surface area contributed by atoms with Gasteiger partial charge in [0, 0.05) is 12.2 Å². The van der Waals surface area contributed by atoms with E-state index in [-0.39, 0.29) is 18.6 Å². The van der Waals surface area contributed by atoms with Crippen LogP contribution in [0, 0.1) is 0 Å². The van der Waals surface area contributed by atoms with Gasteiger partial charge < -0.3 is 43.4 Å². The van der Waals surface area contributed by atoms with Crippen LogP contribution in [0.2, 0.25) is 0 Å². The van der Waals surface area contributed by atoms with Crippen molar-refractivity contribution in [3.63, 3.8) is 0 Å². The second-order valence-electron chi connectivity index (χ2n) is 7.20. The number of nitrogens with two attached hydrogens (primary N) is 3. The van der Waals surface area contributed by atoms with Crippen LogP contribution < -0.4 is 33.2 Å². The smallest absolute Gasteiger partial charge is 0.326 e. The first-order chi connectivity index (χ1) is 15.4. The molecule has 0 saturated carbocycles. The summed E-state index contributed by atoms with van der Waals surface area (Å²) in [6.07, 6.45) is 0.248. The zero-order valence-corrected chi connectivity index (χ0v) is 18.9. The molecule has 0 aromatic carbocycles. The minimum atomic E-state index is -1.73. The van der Waals surface area contributed by atoms with Gasteiger partial charge in [-0.3, -0.25) is 24.0 Å². The number of nitrogens with one attached hydrogen (secondary N) is 3. The average molecular weight is 493 g/mol. The summed E-state index contributed by atoms with van der Waals surface area (Å²) in [7, 11) is 0. The number of carbonyl (C=O) groups is 6. The molecule has 0 aromatic heterocycles. The molecule has 14 nitrogen and oxygen atoms in total. The van der Waals surface area contributed by atoms with Crippen LogP contribution in [0.1, 0.15) is 38.5 Å². The SMILES string of the molecule is NCCCCC(N)C(=O)NC(CCC(N)=O)C(=O)NC(CS)C(=O)NC(CC(=O)O)C(=O)O. The normalized spacial score (nSPS) is 14.3. The van der Waals surface area contributed by atoms with Crippen LogP contribution in [0.15, 0.2) is 0 Å². The molecule has 0 bridgehead atoms. The first kappa shape index (κ1) is 30.1. The van der Waals surface area contributed by atoms with E-state index in [1.165, 1.54) is 0 Å². The van der Waals surface area contributed by atoms with Crippen LogP contribution in [0.25, 0.3) is 0 Å². The highest BCUT2D eigenvalue weighted by Crippen LogP contribution is 2.04. The molecule has 4 atom stereocenters. The van der Waals surface area contributed by atoms with Gasteiger partial charge in [-0.15, -0.1) is 0 Å². The largest absolute Gasteiger partial charge is 0.481 e. The van der Waals surface area contributed by atoms with Crippen molar-refractivity contribution in [1.29, 1.82) is 0 Å². The number of primary amides is 1. The van der Waals surface area contributed by atoms with Gasteiger partial charge >= 0.3 is 11.9 Å². The summed E-state index contributed by atoms with van der Waals surface area (Å²) >= 11 is 3.95. The van der Waals surface area contributed by atoms with Gasteiger partial charge in [0.15, 0.2) is 0 Å². The van der Waals surface area contributed by atoms with Gasteiger partial charge in [0.1, 0.15) is 18.1 Å². The molecule has 0 aliphatic rings. The van der Waals surface area contributed by atoms with E-state index in [1.807, 2.05) is 5.32 Å². The van der Waals surface area contributed by atoms with Crippen LogP contribution in [0.4, 0.5) is 0 Å². The standard InChI is InChI=1S/C18H32N6O8S/c19-6-2-1-3-9(20)15(28)22-10(4-5-13(21)25)16(29)24-12(8-33)17(30)23-11(18(31)32)7-14(26)27/h9-12,33H,1-8,19-20H2,(H2,21,25)(H,22,28)(H,23,30)(H,24,29)(H,26,27)(H,31,32). The highest BCUT2D eigenvalue weighted by molar-refractivity contribution is 7.80. The third-order valence-electron chi connectivity index (χ3n) is 4.43. The molecule has 4 unspecified atom stereocenters. The average Bonchev–Trinajstić information content (AvgIpc) is 2.73. The third kappa shape index (κ3) is 12.6. The highest BCUT2D eigenvalue weighted by atomic mass is 32.1. The van der Waals surface area contributed by atoms with Gasteiger partial charge in [0.25, 0.3) is 0 Å². The Morgan fingerprint density at radius 3 is 1.85 bits per heavy atom. The van der Waals surface area contributed by atoms with Gasteiger partial charge in [-0.05, 0) is 25.8 Å². The Morgan fingerprint density at radius 1 is 0.818 bits per heavy atom. The lowest BCUT2D eigenvalue weighted by Crippen LogP contribution is -2.57. The van der Waals surface area contributed by atoms with Crippen molar-refractivity contribution >= 4 is 48.2 Å². The molecule has 0 rings (SSSR count). The summed E-state index contributed by atoms with van der Waals surface area (Å²) in [6.45, 7) is 0.431. The number of hydrogen-bond donors (Lipinski definition) is 9. The van der Waals surface area contributed by atoms with Gasteiger partial charge in [-0.1, -0.05) is 6.42 Å². The van der Waals surface area contributed by atoms with Gasteiger partial charge in [0.2, 0.25) is 23.6 Å². The molecule has 4 amide bonds. The van der Waals surface area contributed by atoms with E-state index in [0.717, 1.165) is 0 Å². The molecule has 33 heavy (non-hydrogen) atoms. The maximum Gasteiger partial charge on any atom is 0.326 e. The maximum absolute atomic E-state index is 12.7. The van der Waals surface area contributed by atoms with E-state index < -0.39 is 66.2 Å². The molecule has 0 heterocycles. The van der Waals surface area contributed by atoms with Gasteiger partial charge in [0.05, 0.1) is 12.5 Å². The quantitative estimate of drug-likeness (QED) is 0.0719. The van der Waals surface area contributed by atoms with Crippen LogP contribution in [-0.2, 0) is 28.8 Å². The Bertz CT molecular complexity index is 722. The number of rotatable bonds is 17. The summed E-state index contributed by atoms with van der Waals surface area (Å²) in [5.41, 5.74) is 16.3. The molecule has 11 N–H and O–H groups in total. The number of carboxylic acid groups (broad SMARTS) is 2. The number of aliphatic carboxylic acids is 2. The number of thiol groups is 1. The molecular formula is C18H32N6O8S. The Labute approximate surface area is 195 Å². The van der Waals surface area contributed by atoms with Crippen molar-refractivity contribution < 1.29 is 39.0 Å². The van der Waals surface area contributed by atoms with E-state index in [9.17, 15) is 28.8 Å². The third-order valence-corrected chi connectivity index (χ3v) is 4.79. The van der Waals surface area contributed by atoms with Crippen molar-refractivity contribution in [2.45, 2.75) is 62.7 Å². The predicted octanol–water partition coefficient (Wildman–Crippen LogP) is -3.35. The lowest BCUT2D eigenvalue weighted by molar-refractivity contribution is -0.147.